The van der Waals surface area contributed by atoms with Crippen LogP contribution in [0.5, 0.6) is 0 Å². The van der Waals surface area contributed by atoms with Crippen molar-refractivity contribution < 1.29 is 4.79 Å². The van der Waals surface area contributed by atoms with E-state index in [9.17, 15) is 4.79 Å². The first-order valence-corrected chi connectivity index (χ1v) is 5.07. The van der Waals surface area contributed by atoms with Gasteiger partial charge in [0.05, 0.1) is 5.69 Å². The van der Waals surface area contributed by atoms with Crippen molar-refractivity contribution in [2.75, 3.05) is 5.32 Å². The predicted molar refractivity (Wildman–Crippen MR) is 66.3 cm³/mol. The Labute approximate surface area is 96.2 Å². The number of para-hydroxylation sites is 1. The van der Waals surface area contributed by atoms with Gasteiger partial charge in [-0.1, -0.05) is 18.1 Å². The van der Waals surface area contributed by atoms with Crippen LogP contribution in [0.2, 0.25) is 0 Å². The molecule has 0 saturated carbocycles. The molecule has 0 unspecified atom stereocenters. The van der Waals surface area contributed by atoms with Gasteiger partial charge in [0.25, 0.3) is 0 Å². The molecule has 0 atom stereocenters. The molecule has 0 radical (unpaired) electrons. The molecule has 16 heavy (non-hydrogen) atoms. The van der Waals surface area contributed by atoms with Gasteiger partial charge in [0.1, 0.15) is 0 Å². The van der Waals surface area contributed by atoms with Crippen molar-refractivity contribution in [3.05, 3.63) is 29.8 Å². The van der Waals surface area contributed by atoms with E-state index in [0.29, 0.717) is 11.3 Å². The number of carbonyl (C=O) groups is 1. The molecule has 0 heterocycles. The average Bonchev–Trinajstić information content (AvgIpc) is 2.15. The van der Waals surface area contributed by atoms with Gasteiger partial charge < -0.3 is 10.6 Å². The molecule has 0 fully saturated rings. The van der Waals surface area contributed by atoms with Crippen molar-refractivity contribution in [2.24, 2.45) is 0 Å². The molecule has 84 valence electrons. The zero-order valence-electron chi connectivity index (χ0n) is 9.79. The highest BCUT2D eigenvalue weighted by molar-refractivity contribution is 5.91. The zero-order valence-corrected chi connectivity index (χ0v) is 9.79. The molecule has 0 bridgehead atoms. The van der Waals surface area contributed by atoms with Crippen LogP contribution in [0, 0.1) is 12.3 Å². The van der Waals surface area contributed by atoms with Crippen LogP contribution in [0.3, 0.4) is 0 Å². The maximum Gasteiger partial charge on any atom is 0.319 e. The number of benzene rings is 1. The van der Waals surface area contributed by atoms with Crippen LogP contribution in [-0.4, -0.2) is 11.6 Å². The first-order valence-electron chi connectivity index (χ1n) is 5.07. The van der Waals surface area contributed by atoms with Crippen molar-refractivity contribution in [3.8, 4) is 12.3 Å². The molecule has 0 aromatic heterocycles. The summed E-state index contributed by atoms with van der Waals surface area (Å²) in [5.74, 6) is 2.52. The fourth-order valence-electron chi connectivity index (χ4n) is 1.21. The highest BCUT2D eigenvalue weighted by Crippen LogP contribution is 2.13. The van der Waals surface area contributed by atoms with E-state index in [0.717, 1.165) is 0 Å². The molecule has 0 spiro atoms. The molecule has 1 rings (SSSR count). The summed E-state index contributed by atoms with van der Waals surface area (Å²) >= 11 is 0. The Morgan fingerprint density at radius 2 is 1.94 bits per heavy atom. The van der Waals surface area contributed by atoms with Crippen LogP contribution in [-0.2, 0) is 0 Å². The van der Waals surface area contributed by atoms with Gasteiger partial charge in [-0.25, -0.2) is 4.79 Å². The summed E-state index contributed by atoms with van der Waals surface area (Å²) in [6.07, 6.45) is 5.33. The Morgan fingerprint density at radius 1 is 1.31 bits per heavy atom. The lowest BCUT2D eigenvalue weighted by Gasteiger charge is -2.21. The lowest BCUT2D eigenvalue weighted by molar-refractivity contribution is 0.244. The zero-order chi connectivity index (χ0) is 12.2. The van der Waals surface area contributed by atoms with Gasteiger partial charge in [0.2, 0.25) is 0 Å². The van der Waals surface area contributed by atoms with Crippen molar-refractivity contribution >= 4 is 11.7 Å². The third-order valence-corrected chi connectivity index (χ3v) is 1.82. The molecule has 0 aliphatic heterocycles. The number of hydrogen-bond donors (Lipinski definition) is 2. The number of urea groups is 1. The van der Waals surface area contributed by atoms with Gasteiger partial charge in [-0.3, -0.25) is 0 Å². The largest absolute Gasteiger partial charge is 0.333 e. The molecule has 2 N–H and O–H groups in total. The molecule has 0 aliphatic carbocycles. The normalized spacial score (nSPS) is 10.4. The molecule has 0 aliphatic rings. The highest BCUT2D eigenvalue weighted by Gasteiger charge is 2.14. The molecule has 3 nitrogen and oxygen atoms in total. The fraction of sp³-hybridized carbons (Fsp3) is 0.308. The number of hydrogen-bond acceptors (Lipinski definition) is 1. The Morgan fingerprint density at radius 3 is 2.50 bits per heavy atom. The lowest BCUT2D eigenvalue weighted by Crippen LogP contribution is -2.43. The number of amides is 2. The quantitative estimate of drug-likeness (QED) is 0.696. The SMILES string of the molecule is C#Cc1ccccc1NC(=O)NC(C)(C)C. The topological polar surface area (TPSA) is 41.1 Å². The third kappa shape index (κ3) is 3.66. The molecular formula is C13H16N2O. The Bertz CT molecular complexity index is 424. The Hall–Kier alpha value is -1.95. The van der Waals surface area contributed by atoms with Crippen molar-refractivity contribution in [1.82, 2.24) is 5.32 Å². The number of carbonyl (C=O) groups excluding carboxylic acids is 1. The second kappa shape index (κ2) is 4.71. The van der Waals surface area contributed by atoms with Crippen LogP contribution in [0.25, 0.3) is 0 Å². The summed E-state index contributed by atoms with van der Waals surface area (Å²) in [5, 5.41) is 5.53. The predicted octanol–water partition coefficient (Wildman–Crippen LogP) is 2.59. The Balaban J connectivity index is 2.75. The van der Waals surface area contributed by atoms with E-state index in [1.165, 1.54) is 0 Å². The minimum atomic E-state index is -0.269. The van der Waals surface area contributed by atoms with Crippen molar-refractivity contribution in [3.63, 3.8) is 0 Å². The summed E-state index contributed by atoms with van der Waals surface area (Å²) in [4.78, 5) is 11.6. The van der Waals surface area contributed by atoms with Crippen LogP contribution in [0.1, 0.15) is 26.3 Å². The van der Waals surface area contributed by atoms with Crippen LogP contribution < -0.4 is 10.6 Å². The van der Waals surface area contributed by atoms with E-state index in [2.05, 4.69) is 16.6 Å². The molecule has 0 saturated heterocycles. The van der Waals surface area contributed by atoms with E-state index in [1.54, 1.807) is 12.1 Å². The summed E-state index contributed by atoms with van der Waals surface area (Å²) in [5.41, 5.74) is 1.05. The second-order valence-electron chi connectivity index (χ2n) is 4.52. The van der Waals surface area contributed by atoms with Gasteiger partial charge >= 0.3 is 6.03 Å². The molecule has 3 heteroatoms. The van der Waals surface area contributed by atoms with Gasteiger partial charge in [-0.15, -0.1) is 6.42 Å². The van der Waals surface area contributed by atoms with Crippen LogP contribution in [0.15, 0.2) is 24.3 Å². The standard InChI is InChI=1S/C13H16N2O/c1-5-10-8-6-7-9-11(10)14-12(16)15-13(2,3)4/h1,6-9H,2-4H3,(H2,14,15,16). The molecule has 1 aromatic carbocycles. The van der Waals surface area contributed by atoms with Gasteiger partial charge in [-0.2, -0.15) is 0 Å². The van der Waals surface area contributed by atoms with E-state index in [1.807, 2.05) is 32.9 Å². The smallest absolute Gasteiger partial charge is 0.319 e. The number of nitrogens with one attached hydrogen (secondary N) is 2. The maximum absolute atomic E-state index is 11.6. The van der Waals surface area contributed by atoms with Crippen molar-refractivity contribution in [1.29, 1.82) is 0 Å². The van der Waals surface area contributed by atoms with E-state index in [-0.39, 0.29) is 11.6 Å². The second-order valence-corrected chi connectivity index (χ2v) is 4.52. The van der Waals surface area contributed by atoms with E-state index >= 15 is 0 Å². The number of anilines is 1. The first-order chi connectivity index (χ1) is 7.42. The monoisotopic (exact) mass is 216 g/mol. The van der Waals surface area contributed by atoms with Gasteiger partial charge in [-0.05, 0) is 32.9 Å². The summed E-state index contributed by atoms with van der Waals surface area (Å²) in [7, 11) is 0. The maximum atomic E-state index is 11.6. The molecular weight excluding hydrogens is 200 g/mol. The number of terminal acetylenes is 1. The Kier molecular flexibility index (Phi) is 3.57. The minimum absolute atomic E-state index is 0.254. The third-order valence-electron chi connectivity index (χ3n) is 1.82. The minimum Gasteiger partial charge on any atom is -0.333 e. The fourth-order valence-corrected chi connectivity index (χ4v) is 1.21. The molecule has 2 amide bonds. The van der Waals surface area contributed by atoms with Crippen LogP contribution >= 0.6 is 0 Å². The highest BCUT2D eigenvalue weighted by atomic mass is 16.2. The van der Waals surface area contributed by atoms with Gasteiger partial charge in [0.15, 0.2) is 0 Å². The summed E-state index contributed by atoms with van der Waals surface area (Å²) < 4.78 is 0. The van der Waals surface area contributed by atoms with E-state index in [4.69, 9.17) is 6.42 Å². The van der Waals surface area contributed by atoms with Crippen molar-refractivity contribution in [2.45, 2.75) is 26.3 Å². The first kappa shape index (κ1) is 12.1. The molecule has 1 aromatic rings. The summed E-state index contributed by atoms with van der Waals surface area (Å²) in [6.45, 7) is 5.75. The van der Waals surface area contributed by atoms with Crippen LogP contribution in [0.4, 0.5) is 10.5 Å². The lowest BCUT2D eigenvalue weighted by atomic mass is 10.1. The summed E-state index contributed by atoms with van der Waals surface area (Å²) in [6, 6.07) is 6.97. The number of rotatable bonds is 1. The average molecular weight is 216 g/mol. The van der Waals surface area contributed by atoms with Gasteiger partial charge in [0, 0.05) is 11.1 Å². The van der Waals surface area contributed by atoms with E-state index < -0.39 is 0 Å².